The number of hydrogen-bond donors (Lipinski definition) is 2. The van der Waals surface area contributed by atoms with Gasteiger partial charge in [-0.05, 0) is 18.3 Å². The molecule has 1 unspecified atom stereocenters. The lowest BCUT2D eigenvalue weighted by atomic mass is 9.77. The molecule has 0 spiro atoms. The molecular weight excluding hydrogens is 236 g/mol. The van der Waals surface area contributed by atoms with Crippen molar-refractivity contribution in [3.05, 3.63) is 0 Å². The average molecular weight is 258 g/mol. The molecular formula is C13H22O5. The van der Waals surface area contributed by atoms with Gasteiger partial charge in [0.05, 0.1) is 5.92 Å². The summed E-state index contributed by atoms with van der Waals surface area (Å²) in [5.74, 6) is -2.63. The number of carbonyl (C=O) groups is 3. The Morgan fingerprint density at radius 2 is 1.50 bits per heavy atom. The van der Waals surface area contributed by atoms with E-state index in [1.165, 1.54) is 0 Å². The third-order valence-electron chi connectivity index (χ3n) is 2.87. The fourth-order valence-corrected chi connectivity index (χ4v) is 1.69. The van der Waals surface area contributed by atoms with E-state index in [9.17, 15) is 14.4 Å². The van der Waals surface area contributed by atoms with Gasteiger partial charge in [0.15, 0.2) is 0 Å². The summed E-state index contributed by atoms with van der Waals surface area (Å²) in [5.41, 5.74) is -0.456. The average Bonchev–Trinajstić information content (AvgIpc) is 2.18. The van der Waals surface area contributed by atoms with Crippen LogP contribution in [0.25, 0.3) is 0 Å². The number of rotatable bonds is 8. The van der Waals surface area contributed by atoms with E-state index in [-0.39, 0.29) is 25.0 Å². The van der Waals surface area contributed by atoms with Crippen LogP contribution >= 0.6 is 0 Å². The minimum atomic E-state index is -0.957. The molecule has 5 heteroatoms. The van der Waals surface area contributed by atoms with Crippen molar-refractivity contribution in [2.75, 3.05) is 0 Å². The minimum Gasteiger partial charge on any atom is -0.481 e. The van der Waals surface area contributed by atoms with Gasteiger partial charge in [-0.25, -0.2) is 0 Å². The highest BCUT2D eigenvalue weighted by Crippen LogP contribution is 2.29. The third kappa shape index (κ3) is 7.04. The Morgan fingerprint density at radius 3 is 1.89 bits per heavy atom. The summed E-state index contributed by atoms with van der Waals surface area (Å²) in [7, 11) is 0. The van der Waals surface area contributed by atoms with E-state index in [1.54, 1.807) is 20.8 Å². The second-order valence-corrected chi connectivity index (χ2v) is 5.60. The second-order valence-electron chi connectivity index (χ2n) is 5.60. The number of ketones is 1. The Morgan fingerprint density at radius 1 is 1.00 bits per heavy atom. The Hall–Kier alpha value is -1.39. The Balaban J connectivity index is 4.12. The molecule has 0 aromatic heterocycles. The zero-order chi connectivity index (χ0) is 14.3. The molecule has 0 aliphatic heterocycles. The quantitative estimate of drug-likeness (QED) is 0.652. The van der Waals surface area contributed by atoms with E-state index >= 15 is 0 Å². The summed E-state index contributed by atoms with van der Waals surface area (Å²) in [5, 5.41) is 17.5. The monoisotopic (exact) mass is 258 g/mol. The van der Waals surface area contributed by atoms with Crippen molar-refractivity contribution in [2.45, 2.75) is 52.9 Å². The number of carbonyl (C=O) groups excluding carboxylic acids is 1. The van der Waals surface area contributed by atoms with Crippen LogP contribution in [0.4, 0.5) is 0 Å². The van der Waals surface area contributed by atoms with Gasteiger partial charge in [-0.1, -0.05) is 20.8 Å². The van der Waals surface area contributed by atoms with E-state index in [0.29, 0.717) is 12.8 Å². The van der Waals surface area contributed by atoms with Crippen LogP contribution in [0.5, 0.6) is 0 Å². The highest BCUT2D eigenvalue weighted by molar-refractivity contribution is 5.84. The summed E-state index contributed by atoms with van der Waals surface area (Å²) in [6, 6.07) is 0. The fraction of sp³-hybridized carbons (Fsp3) is 0.769. The van der Waals surface area contributed by atoms with Crippen molar-refractivity contribution in [3.8, 4) is 0 Å². The van der Waals surface area contributed by atoms with Crippen LogP contribution in [0.2, 0.25) is 0 Å². The predicted octanol–water partition coefficient (Wildman–Crippen LogP) is 2.34. The van der Waals surface area contributed by atoms with Gasteiger partial charge in [0.25, 0.3) is 0 Å². The first-order valence-corrected chi connectivity index (χ1v) is 6.11. The lowest BCUT2D eigenvalue weighted by Crippen LogP contribution is -2.30. The largest absolute Gasteiger partial charge is 0.481 e. The first-order chi connectivity index (χ1) is 8.14. The highest BCUT2D eigenvalue weighted by atomic mass is 16.4. The van der Waals surface area contributed by atoms with Crippen molar-refractivity contribution in [1.29, 1.82) is 0 Å². The number of unbranched alkanes of at least 4 members (excludes halogenated alkanes) is 1. The first kappa shape index (κ1) is 16.6. The lowest BCUT2D eigenvalue weighted by Gasteiger charge is -2.26. The molecule has 0 radical (unpaired) electrons. The summed E-state index contributed by atoms with van der Waals surface area (Å²) >= 11 is 0. The molecule has 0 saturated heterocycles. The van der Waals surface area contributed by atoms with Gasteiger partial charge in [0, 0.05) is 19.3 Å². The molecule has 0 aromatic carbocycles. The van der Waals surface area contributed by atoms with E-state index < -0.39 is 23.3 Å². The molecule has 0 bridgehead atoms. The third-order valence-corrected chi connectivity index (χ3v) is 2.87. The Kier molecular flexibility index (Phi) is 6.58. The highest BCUT2D eigenvalue weighted by Gasteiger charge is 2.32. The molecule has 0 aliphatic rings. The van der Waals surface area contributed by atoms with Crippen molar-refractivity contribution in [3.63, 3.8) is 0 Å². The number of carboxylic acids is 2. The maximum Gasteiger partial charge on any atom is 0.307 e. The SMILES string of the molecule is CC(C)(C)C(CC(=O)CCCCC(=O)O)C(=O)O. The second kappa shape index (κ2) is 7.13. The van der Waals surface area contributed by atoms with Gasteiger partial charge in [0.1, 0.15) is 5.78 Å². The van der Waals surface area contributed by atoms with Gasteiger partial charge in [-0.3, -0.25) is 14.4 Å². The van der Waals surface area contributed by atoms with Gasteiger partial charge >= 0.3 is 11.9 Å². The van der Waals surface area contributed by atoms with Gasteiger partial charge < -0.3 is 10.2 Å². The number of Topliss-reactive ketones (excluding diaryl/α,β-unsaturated/α-hetero) is 1. The van der Waals surface area contributed by atoms with Crippen molar-refractivity contribution in [1.82, 2.24) is 0 Å². The maximum absolute atomic E-state index is 11.6. The molecule has 0 heterocycles. The summed E-state index contributed by atoms with van der Waals surface area (Å²) < 4.78 is 0. The number of carboxylic acid groups (broad SMARTS) is 2. The van der Waals surface area contributed by atoms with Crippen LogP contribution in [0.1, 0.15) is 52.9 Å². The maximum atomic E-state index is 11.6. The molecule has 2 N–H and O–H groups in total. The van der Waals surface area contributed by atoms with Crippen molar-refractivity contribution in [2.24, 2.45) is 11.3 Å². The fourth-order valence-electron chi connectivity index (χ4n) is 1.69. The molecule has 104 valence electrons. The molecule has 18 heavy (non-hydrogen) atoms. The number of aliphatic carboxylic acids is 2. The van der Waals surface area contributed by atoms with Crippen LogP contribution in [-0.4, -0.2) is 27.9 Å². The van der Waals surface area contributed by atoms with E-state index in [2.05, 4.69) is 0 Å². The van der Waals surface area contributed by atoms with E-state index in [1.807, 2.05) is 0 Å². The minimum absolute atomic E-state index is 0.0197. The Bertz CT molecular complexity index is 314. The van der Waals surface area contributed by atoms with Crippen molar-refractivity contribution >= 4 is 17.7 Å². The van der Waals surface area contributed by atoms with E-state index in [0.717, 1.165) is 0 Å². The molecule has 0 amide bonds. The van der Waals surface area contributed by atoms with Gasteiger partial charge in [0.2, 0.25) is 0 Å². The van der Waals surface area contributed by atoms with Crippen LogP contribution in [-0.2, 0) is 14.4 Å². The summed E-state index contributed by atoms with van der Waals surface area (Å²) in [6.45, 7) is 5.39. The lowest BCUT2D eigenvalue weighted by molar-refractivity contribution is -0.147. The molecule has 0 aliphatic carbocycles. The zero-order valence-corrected chi connectivity index (χ0v) is 11.2. The van der Waals surface area contributed by atoms with Crippen LogP contribution in [0, 0.1) is 11.3 Å². The topological polar surface area (TPSA) is 91.7 Å². The van der Waals surface area contributed by atoms with Gasteiger partial charge in [-0.15, -0.1) is 0 Å². The standard InChI is InChI=1S/C13H22O5/c1-13(2,3)10(12(17)18)8-9(14)6-4-5-7-11(15)16/h10H,4-8H2,1-3H3,(H,15,16)(H,17,18). The van der Waals surface area contributed by atoms with Crippen LogP contribution in [0.3, 0.4) is 0 Å². The van der Waals surface area contributed by atoms with Crippen LogP contribution < -0.4 is 0 Å². The molecule has 0 saturated carbocycles. The predicted molar refractivity (Wildman–Crippen MR) is 66.3 cm³/mol. The molecule has 0 aromatic rings. The smallest absolute Gasteiger partial charge is 0.307 e. The molecule has 5 nitrogen and oxygen atoms in total. The molecule has 0 fully saturated rings. The normalized spacial score (nSPS) is 13.1. The Labute approximate surface area is 107 Å². The number of hydrogen-bond acceptors (Lipinski definition) is 3. The zero-order valence-electron chi connectivity index (χ0n) is 11.2. The summed E-state index contributed by atoms with van der Waals surface area (Å²) in [4.78, 5) is 33.0. The molecule has 1 atom stereocenters. The van der Waals surface area contributed by atoms with Gasteiger partial charge in [-0.2, -0.15) is 0 Å². The van der Waals surface area contributed by atoms with Crippen LogP contribution in [0.15, 0.2) is 0 Å². The van der Waals surface area contributed by atoms with Crippen molar-refractivity contribution < 1.29 is 24.6 Å². The molecule has 0 rings (SSSR count). The van der Waals surface area contributed by atoms with E-state index in [4.69, 9.17) is 10.2 Å². The first-order valence-electron chi connectivity index (χ1n) is 6.11. The summed E-state index contributed by atoms with van der Waals surface area (Å²) in [6.07, 6.45) is 1.28.